The fourth-order valence-corrected chi connectivity index (χ4v) is 7.66. The molecule has 0 amide bonds. The summed E-state index contributed by atoms with van der Waals surface area (Å²) in [6.45, 7) is 0. The molecule has 10 aromatic rings. The van der Waals surface area contributed by atoms with Crippen molar-refractivity contribution < 1.29 is 0 Å². The van der Waals surface area contributed by atoms with Crippen LogP contribution < -0.4 is 0 Å². The first-order valence-corrected chi connectivity index (χ1v) is 15.9. The second-order valence-electron chi connectivity index (χ2n) is 12.2. The molecule has 0 unspecified atom stereocenters. The zero-order valence-electron chi connectivity index (χ0n) is 25.1. The van der Waals surface area contributed by atoms with Crippen LogP contribution in [0.25, 0.3) is 87.7 Å². The molecule has 0 radical (unpaired) electrons. The normalized spacial score (nSPS) is 11.9. The highest BCUT2D eigenvalue weighted by atomic mass is 15.0. The Hall–Kier alpha value is -6.12. The van der Waals surface area contributed by atoms with Crippen LogP contribution in [0.4, 0.5) is 0 Å². The number of para-hydroxylation sites is 2. The van der Waals surface area contributed by atoms with Crippen LogP contribution in [0.1, 0.15) is 0 Å². The van der Waals surface area contributed by atoms with Crippen LogP contribution in [0, 0.1) is 0 Å². The van der Waals surface area contributed by atoms with Gasteiger partial charge in [-0.1, -0.05) is 115 Å². The van der Waals surface area contributed by atoms with E-state index in [2.05, 4.69) is 179 Å². The summed E-state index contributed by atoms with van der Waals surface area (Å²) in [5.41, 5.74) is 9.64. The van der Waals surface area contributed by atoms with E-state index in [0.717, 1.165) is 5.69 Å². The lowest BCUT2D eigenvalue weighted by Gasteiger charge is -2.11. The fourth-order valence-electron chi connectivity index (χ4n) is 7.66. The first kappa shape index (κ1) is 25.2. The number of nitrogens with zero attached hydrogens (tertiary/aromatic N) is 2. The summed E-state index contributed by atoms with van der Waals surface area (Å²) >= 11 is 0. The standard InChI is InChI=1S/C44H28N2/c1-2-14-33(15-3-1)45-39-20-9-8-19-37(39)38-28-32(23-24-40(38)45)31-13-10-16-34(27-31)46-41-25-21-29-11-4-6-17-35(29)43(41)44-36-18-7-5-12-30(36)22-26-42(44)46/h1-28H. The summed E-state index contributed by atoms with van der Waals surface area (Å²) in [4.78, 5) is 0. The van der Waals surface area contributed by atoms with Gasteiger partial charge in [-0.2, -0.15) is 0 Å². The monoisotopic (exact) mass is 584 g/mol. The maximum atomic E-state index is 2.45. The largest absolute Gasteiger partial charge is 0.309 e. The quantitative estimate of drug-likeness (QED) is 0.195. The van der Waals surface area contributed by atoms with Gasteiger partial charge in [0.05, 0.1) is 22.1 Å². The van der Waals surface area contributed by atoms with E-state index in [1.165, 1.54) is 82.0 Å². The van der Waals surface area contributed by atoms with Gasteiger partial charge in [-0.15, -0.1) is 0 Å². The topological polar surface area (TPSA) is 9.86 Å². The van der Waals surface area contributed by atoms with E-state index < -0.39 is 0 Å². The van der Waals surface area contributed by atoms with Gasteiger partial charge in [0.15, 0.2) is 0 Å². The van der Waals surface area contributed by atoms with E-state index >= 15 is 0 Å². The summed E-state index contributed by atoms with van der Waals surface area (Å²) in [5.74, 6) is 0. The zero-order chi connectivity index (χ0) is 30.2. The molecule has 0 saturated heterocycles. The van der Waals surface area contributed by atoms with Gasteiger partial charge in [0, 0.05) is 32.9 Å². The Morgan fingerprint density at radius 3 is 1.52 bits per heavy atom. The molecule has 2 heteroatoms. The first-order valence-electron chi connectivity index (χ1n) is 15.9. The number of rotatable bonds is 3. The van der Waals surface area contributed by atoms with Gasteiger partial charge in [-0.25, -0.2) is 0 Å². The van der Waals surface area contributed by atoms with Crippen LogP contribution in [0.2, 0.25) is 0 Å². The predicted octanol–water partition coefficient (Wildman–Crippen LogP) is 11.9. The number of hydrogen-bond donors (Lipinski definition) is 0. The molecule has 0 spiro atoms. The Balaban J connectivity index is 1.22. The summed E-state index contributed by atoms with van der Waals surface area (Å²) in [6, 6.07) is 62.0. The zero-order valence-corrected chi connectivity index (χ0v) is 25.1. The molecule has 0 saturated carbocycles. The molecular weight excluding hydrogens is 556 g/mol. The lowest BCUT2D eigenvalue weighted by Crippen LogP contribution is -1.94. The van der Waals surface area contributed by atoms with Crippen molar-refractivity contribution in [3.05, 3.63) is 170 Å². The van der Waals surface area contributed by atoms with Crippen molar-refractivity contribution in [1.29, 1.82) is 0 Å². The summed E-state index contributed by atoms with van der Waals surface area (Å²) in [7, 11) is 0. The molecule has 0 fully saturated rings. The Morgan fingerprint density at radius 1 is 0.283 bits per heavy atom. The van der Waals surface area contributed by atoms with Gasteiger partial charge in [0.2, 0.25) is 0 Å². The van der Waals surface area contributed by atoms with Crippen molar-refractivity contribution in [3.63, 3.8) is 0 Å². The lowest BCUT2D eigenvalue weighted by molar-refractivity contribution is 1.18. The molecule has 0 aliphatic heterocycles. The van der Waals surface area contributed by atoms with E-state index in [-0.39, 0.29) is 0 Å². The van der Waals surface area contributed by atoms with Gasteiger partial charge in [0.1, 0.15) is 0 Å². The number of hydrogen-bond acceptors (Lipinski definition) is 0. The molecule has 0 aliphatic rings. The second kappa shape index (κ2) is 9.69. The maximum absolute atomic E-state index is 2.45. The molecule has 2 heterocycles. The van der Waals surface area contributed by atoms with E-state index in [1.807, 2.05) is 0 Å². The Labute approximate surface area is 266 Å². The third-order valence-electron chi connectivity index (χ3n) is 9.67. The minimum atomic E-state index is 1.16. The molecule has 0 bridgehead atoms. The van der Waals surface area contributed by atoms with E-state index in [9.17, 15) is 0 Å². The molecule has 0 N–H and O–H groups in total. The summed E-state index contributed by atoms with van der Waals surface area (Å²) < 4.78 is 4.82. The number of fused-ring (bicyclic) bond motifs is 10. The molecular formula is C44H28N2. The SMILES string of the molecule is c1ccc(-n2c3ccccc3c3cc(-c4cccc(-n5c6ccc7ccccc7c6c6c7ccccc7ccc65)c4)ccc32)cc1. The van der Waals surface area contributed by atoms with Crippen molar-refractivity contribution in [2.24, 2.45) is 0 Å². The minimum absolute atomic E-state index is 1.16. The van der Waals surface area contributed by atoms with Crippen LogP contribution in [0.3, 0.4) is 0 Å². The summed E-state index contributed by atoms with van der Waals surface area (Å²) in [6.07, 6.45) is 0. The summed E-state index contributed by atoms with van der Waals surface area (Å²) in [5, 5.41) is 10.2. The molecule has 214 valence electrons. The third kappa shape index (κ3) is 3.59. The van der Waals surface area contributed by atoms with Crippen molar-refractivity contribution in [3.8, 4) is 22.5 Å². The van der Waals surface area contributed by atoms with E-state index in [1.54, 1.807) is 0 Å². The molecule has 0 aliphatic carbocycles. The van der Waals surface area contributed by atoms with Gasteiger partial charge in [0.25, 0.3) is 0 Å². The minimum Gasteiger partial charge on any atom is -0.309 e. The first-order chi connectivity index (χ1) is 22.8. The highest BCUT2D eigenvalue weighted by Gasteiger charge is 2.18. The fraction of sp³-hybridized carbons (Fsp3) is 0. The predicted molar refractivity (Wildman–Crippen MR) is 196 cm³/mol. The van der Waals surface area contributed by atoms with Gasteiger partial charge in [-0.05, 0) is 87.3 Å². The van der Waals surface area contributed by atoms with Crippen molar-refractivity contribution in [1.82, 2.24) is 9.13 Å². The van der Waals surface area contributed by atoms with Crippen LogP contribution in [-0.2, 0) is 0 Å². The molecule has 0 atom stereocenters. The third-order valence-corrected chi connectivity index (χ3v) is 9.67. The average Bonchev–Trinajstić information content (AvgIpc) is 3.65. The van der Waals surface area contributed by atoms with Crippen molar-refractivity contribution >= 4 is 65.2 Å². The van der Waals surface area contributed by atoms with Gasteiger partial charge >= 0.3 is 0 Å². The van der Waals surface area contributed by atoms with Gasteiger partial charge in [-0.3, -0.25) is 0 Å². The van der Waals surface area contributed by atoms with Crippen molar-refractivity contribution in [2.45, 2.75) is 0 Å². The lowest BCUT2D eigenvalue weighted by atomic mass is 10.00. The van der Waals surface area contributed by atoms with Crippen molar-refractivity contribution in [2.75, 3.05) is 0 Å². The Kier molecular flexibility index (Phi) is 5.31. The number of aromatic nitrogens is 2. The van der Waals surface area contributed by atoms with Crippen LogP contribution in [0.15, 0.2) is 170 Å². The second-order valence-corrected chi connectivity index (χ2v) is 12.2. The van der Waals surface area contributed by atoms with Crippen LogP contribution >= 0.6 is 0 Å². The Morgan fingerprint density at radius 2 is 0.804 bits per heavy atom. The molecule has 46 heavy (non-hydrogen) atoms. The molecule has 2 nitrogen and oxygen atoms in total. The highest BCUT2D eigenvalue weighted by Crippen LogP contribution is 2.41. The van der Waals surface area contributed by atoms with Crippen LogP contribution in [-0.4, -0.2) is 9.13 Å². The molecule has 2 aromatic heterocycles. The molecule has 8 aromatic carbocycles. The van der Waals surface area contributed by atoms with E-state index in [0.29, 0.717) is 0 Å². The highest BCUT2D eigenvalue weighted by molar-refractivity contribution is 6.28. The maximum Gasteiger partial charge on any atom is 0.0547 e. The molecule has 10 rings (SSSR count). The van der Waals surface area contributed by atoms with Gasteiger partial charge < -0.3 is 9.13 Å². The average molecular weight is 585 g/mol. The smallest absolute Gasteiger partial charge is 0.0547 e. The van der Waals surface area contributed by atoms with E-state index in [4.69, 9.17) is 0 Å². The van der Waals surface area contributed by atoms with Crippen LogP contribution in [0.5, 0.6) is 0 Å². The number of benzene rings is 8. The Bertz CT molecular complexity index is 2700.